The van der Waals surface area contributed by atoms with Gasteiger partial charge >= 0.3 is 0 Å². The third-order valence-electron chi connectivity index (χ3n) is 8.05. The van der Waals surface area contributed by atoms with Gasteiger partial charge in [0.1, 0.15) is 40.5 Å². The van der Waals surface area contributed by atoms with Crippen molar-refractivity contribution in [2.24, 2.45) is 13.0 Å². The number of nitrogens with zero attached hydrogens (tertiary/aromatic N) is 6. The highest BCUT2D eigenvalue weighted by atomic mass is 19.1. The van der Waals surface area contributed by atoms with Crippen molar-refractivity contribution >= 4 is 22.4 Å². The lowest BCUT2D eigenvalue weighted by molar-refractivity contribution is 0.359. The zero-order chi connectivity index (χ0) is 27.0. The first-order valence-corrected chi connectivity index (χ1v) is 13.0. The van der Waals surface area contributed by atoms with E-state index < -0.39 is 0 Å². The minimum Gasteiger partial charge on any atom is -0.494 e. The lowest BCUT2D eigenvalue weighted by atomic mass is 9.88. The third-order valence-corrected chi connectivity index (χ3v) is 8.05. The number of anilines is 2. The van der Waals surface area contributed by atoms with Crippen molar-refractivity contribution in [3.8, 4) is 17.9 Å². The topological polar surface area (TPSA) is 98.2 Å². The van der Waals surface area contributed by atoms with Gasteiger partial charge in [-0.05, 0) is 68.7 Å². The van der Waals surface area contributed by atoms with Crippen LogP contribution in [0.5, 0.6) is 5.75 Å². The van der Waals surface area contributed by atoms with Gasteiger partial charge in [0.2, 0.25) is 0 Å². The maximum atomic E-state index is 13.9. The molecule has 2 aromatic heterocycles. The van der Waals surface area contributed by atoms with Crippen molar-refractivity contribution in [1.29, 1.82) is 10.5 Å². The zero-order valence-electron chi connectivity index (χ0n) is 21.9. The Labute approximate surface area is 221 Å². The number of nitriles is 2. The normalized spacial score (nSPS) is 19.0. The average molecular weight is 515 g/mol. The van der Waals surface area contributed by atoms with Gasteiger partial charge in [-0.15, -0.1) is 0 Å². The first-order chi connectivity index (χ1) is 18.4. The number of methoxy groups -OCH3 is 1. The van der Waals surface area contributed by atoms with Crippen LogP contribution in [-0.2, 0) is 7.05 Å². The van der Waals surface area contributed by atoms with Crippen LogP contribution in [0.15, 0.2) is 35.1 Å². The van der Waals surface area contributed by atoms with E-state index in [1.807, 2.05) is 18.0 Å². The molecule has 0 bridgehead atoms. The summed E-state index contributed by atoms with van der Waals surface area (Å²) >= 11 is 0. The van der Waals surface area contributed by atoms with E-state index in [4.69, 9.17) is 4.74 Å². The van der Waals surface area contributed by atoms with Gasteiger partial charge in [-0.3, -0.25) is 4.79 Å². The highest BCUT2D eigenvalue weighted by Crippen LogP contribution is 2.40. The molecule has 5 rings (SSSR count). The molecular formula is C29H31FN6O2. The van der Waals surface area contributed by atoms with Crippen LogP contribution >= 0.6 is 0 Å². The van der Waals surface area contributed by atoms with E-state index in [1.165, 1.54) is 29.5 Å². The smallest absolute Gasteiger partial charge is 0.270 e. The Kier molecular flexibility index (Phi) is 6.94. The summed E-state index contributed by atoms with van der Waals surface area (Å²) in [5.74, 6) is 0.884. The fourth-order valence-corrected chi connectivity index (χ4v) is 5.75. The van der Waals surface area contributed by atoms with E-state index >= 15 is 0 Å². The lowest BCUT2D eigenvalue weighted by Crippen LogP contribution is -2.44. The van der Waals surface area contributed by atoms with Gasteiger partial charge < -0.3 is 19.1 Å². The monoisotopic (exact) mass is 514 g/mol. The minimum atomic E-state index is -0.374. The summed E-state index contributed by atoms with van der Waals surface area (Å²) in [6, 6.07) is 12.6. The molecule has 0 unspecified atom stereocenters. The molecule has 38 heavy (non-hydrogen) atoms. The summed E-state index contributed by atoms with van der Waals surface area (Å²) < 4.78 is 20.9. The quantitative estimate of drug-likeness (QED) is 0.458. The van der Waals surface area contributed by atoms with Crippen molar-refractivity contribution in [2.45, 2.75) is 50.6 Å². The molecule has 2 aliphatic rings. The van der Waals surface area contributed by atoms with Gasteiger partial charge in [0.25, 0.3) is 5.56 Å². The van der Waals surface area contributed by atoms with Gasteiger partial charge in [0, 0.05) is 38.8 Å². The van der Waals surface area contributed by atoms with Crippen LogP contribution in [0.3, 0.4) is 0 Å². The molecule has 0 N–H and O–H groups in total. The number of aryl methyl sites for hydroxylation is 1. The van der Waals surface area contributed by atoms with E-state index in [-0.39, 0.29) is 34.7 Å². The molecule has 0 saturated heterocycles. The molecule has 196 valence electrons. The predicted octanol–water partition coefficient (Wildman–Crippen LogP) is 4.49. The van der Waals surface area contributed by atoms with Crippen LogP contribution in [0.1, 0.15) is 49.8 Å². The fraction of sp³-hybridized carbons (Fsp3) is 0.448. The molecule has 0 aliphatic heterocycles. The molecule has 2 heterocycles. The van der Waals surface area contributed by atoms with Gasteiger partial charge in [0.05, 0.1) is 24.0 Å². The van der Waals surface area contributed by atoms with E-state index in [9.17, 15) is 19.7 Å². The highest BCUT2D eigenvalue weighted by molar-refractivity contribution is 5.92. The lowest BCUT2D eigenvalue weighted by Gasteiger charge is -2.42. The van der Waals surface area contributed by atoms with E-state index in [0.717, 1.165) is 37.9 Å². The first-order valence-electron chi connectivity index (χ1n) is 13.0. The number of rotatable bonds is 7. The fourth-order valence-electron chi connectivity index (χ4n) is 5.75. The number of hydrogen-bond donors (Lipinski definition) is 0. The zero-order valence-corrected chi connectivity index (χ0v) is 21.9. The molecule has 2 fully saturated rings. The minimum absolute atomic E-state index is 0.0404. The molecule has 3 aromatic rings. The van der Waals surface area contributed by atoms with Gasteiger partial charge in [0.15, 0.2) is 0 Å². The molecule has 1 aromatic carbocycles. The van der Waals surface area contributed by atoms with E-state index in [0.29, 0.717) is 28.4 Å². The molecule has 9 heteroatoms. The number of hydrogen-bond acceptors (Lipinski definition) is 7. The number of pyridine rings is 2. The third kappa shape index (κ3) is 4.65. The number of aromatic nitrogens is 2. The maximum absolute atomic E-state index is 13.9. The van der Waals surface area contributed by atoms with Crippen LogP contribution in [0, 0.1) is 34.4 Å². The van der Waals surface area contributed by atoms with Crippen LogP contribution in [0.2, 0.25) is 0 Å². The summed E-state index contributed by atoms with van der Waals surface area (Å²) in [6.45, 7) is 0.923. The van der Waals surface area contributed by atoms with Crippen molar-refractivity contribution < 1.29 is 9.13 Å². The van der Waals surface area contributed by atoms with Crippen LogP contribution < -0.4 is 20.1 Å². The van der Waals surface area contributed by atoms with Crippen molar-refractivity contribution in [3.63, 3.8) is 0 Å². The number of fused-ring (bicyclic) bond motifs is 1. The molecule has 0 atom stereocenters. The van der Waals surface area contributed by atoms with Gasteiger partial charge in [-0.2, -0.15) is 10.5 Å². The Balaban J connectivity index is 1.44. The predicted molar refractivity (Wildman–Crippen MR) is 144 cm³/mol. The van der Waals surface area contributed by atoms with Crippen molar-refractivity contribution in [2.75, 3.05) is 30.5 Å². The van der Waals surface area contributed by atoms with Gasteiger partial charge in [-0.25, -0.2) is 9.37 Å². The van der Waals surface area contributed by atoms with Crippen LogP contribution in [-0.4, -0.2) is 42.3 Å². The largest absolute Gasteiger partial charge is 0.494 e. The first kappa shape index (κ1) is 25.5. The summed E-state index contributed by atoms with van der Waals surface area (Å²) in [6.07, 6.45) is 5.94. The highest BCUT2D eigenvalue weighted by Gasteiger charge is 2.34. The molecule has 8 nitrogen and oxygen atoms in total. The Morgan fingerprint density at radius 1 is 1.08 bits per heavy atom. The Morgan fingerprint density at radius 3 is 2.42 bits per heavy atom. The van der Waals surface area contributed by atoms with E-state index in [2.05, 4.69) is 22.0 Å². The maximum Gasteiger partial charge on any atom is 0.270 e. The SMILES string of the molecule is COc1cc(F)ccc1N(CC1CC1)[C@H]1CC[C@@H](N(C)c2c(C#N)c(=O)n(C)c3ccc(C#N)nc23)CC1. The summed E-state index contributed by atoms with van der Waals surface area (Å²) in [7, 11) is 5.10. The number of ether oxygens (including phenoxy) is 1. The second-order valence-electron chi connectivity index (χ2n) is 10.4. The molecule has 0 amide bonds. The van der Waals surface area contributed by atoms with Crippen molar-refractivity contribution in [1.82, 2.24) is 9.55 Å². The standard InChI is InChI=1S/C29H31FN6O2/c1-34(28-23(16-32)29(37)35(2)25-13-7-20(15-31)33-27(25)28)21-8-10-22(11-9-21)36(17-18-4-5-18)24-12-6-19(30)14-26(24)38-3/h6-7,12-14,18,21-22H,4-5,8-11,17H2,1-3H3/t21-,22+. The molecule has 2 aliphatic carbocycles. The molecular weight excluding hydrogens is 483 g/mol. The average Bonchev–Trinajstić information content (AvgIpc) is 3.77. The Bertz CT molecular complexity index is 1510. The van der Waals surface area contributed by atoms with Gasteiger partial charge in [-0.1, -0.05) is 0 Å². The molecule has 0 spiro atoms. The summed E-state index contributed by atoms with van der Waals surface area (Å²) in [5, 5.41) is 19.4. The second kappa shape index (κ2) is 10.3. The molecule has 2 saturated carbocycles. The molecule has 0 radical (unpaired) electrons. The summed E-state index contributed by atoms with van der Waals surface area (Å²) in [5.41, 5.74) is 2.39. The van der Waals surface area contributed by atoms with Crippen LogP contribution in [0.25, 0.3) is 11.0 Å². The number of benzene rings is 1. The van der Waals surface area contributed by atoms with E-state index in [1.54, 1.807) is 26.3 Å². The van der Waals surface area contributed by atoms with Crippen molar-refractivity contribution in [3.05, 3.63) is 57.8 Å². The second-order valence-corrected chi connectivity index (χ2v) is 10.4. The number of halogens is 1. The van der Waals surface area contributed by atoms with Crippen LogP contribution in [0.4, 0.5) is 15.8 Å². The Morgan fingerprint density at radius 2 is 1.79 bits per heavy atom. The Hall–Kier alpha value is -4.11. The summed E-state index contributed by atoms with van der Waals surface area (Å²) in [4.78, 5) is 21.9.